The second-order valence-electron chi connectivity index (χ2n) is 5.00. The van der Waals surface area contributed by atoms with Gasteiger partial charge in [0.25, 0.3) is 0 Å². The molecule has 20 heavy (non-hydrogen) atoms. The summed E-state index contributed by atoms with van der Waals surface area (Å²) in [6, 6.07) is 5.23. The van der Waals surface area contributed by atoms with E-state index in [0.29, 0.717) is 36.2 Å². The summed E-state index contributed by atoms with van der Waals surface area (Å²) in [5.41, 5.74) is 0.595. The van der Waals surface area contributed by atoms with Crippen molar-refractivity contribution in [3.8, 4) is 11.5 Å². The molecule has 1 aromatic rings. The van der Waals surface area contributed by atoms with E-state index in [1.54, 1.807) is 18.2 Å². The van der Waals surface area contributed by atoms with Crippen LogP contribution < -0.4 is 9.47 Å². The molecule has 0 saturated heterocycles. The van der Waals surface area contributed by atoms with Crippen LogP contribution in [0.2, 0.25) is 0 Å². The Kier molecular flexibility index (Phi) is 7.48. The minimum Gasteiger partial charge on any atom is -0.490 e. The summed E-state index contributed by atoms with van der Waals surface area (Å²) >= 11 is 0. The molecule has 0 bridgehead atoms. The van der Waals surface area contributed by atoms with E-state index in [1.807, 2.05) is 6.92 Å². The van der Waals surface area contributed by atoms with E-state index >= 15 is 0 Å². The van der Waals surface area contributed by atoms with Crippen LogP contribution in [-0.4, -0.2) is 19.5 Å². The van der Waals surface area contributed by atoms with Crippen LogP contribution in [0.5, 0.6) is 11.5 Å². The molecule has 0 aliphatic rings. The standard InChI is InChI=1S/C17H24O3/c1-4-19-17-12-15(13-18)9-10-16(17)20-11-7-5-6-8-14(2)3/h5-6,9-10,12-14H,4,7-8,11H2,1-3H3. The normalized spacial score (nSPS) is 11.0. The summed E-state index contributed by atoms with van der Waals surface area (Å²) < 4.78 is 11.2. The number of hydrogen-bond acceptors (Lipinski definition) is 3. The zero-order valence-corrected chi connectivity index (χ0v) is 12.6. The first kappa shape index (κ1) is 16.3. The van der Waals surface area contributed by atoms with Gasteiger partial charge >= 0.3 is 0 Å². The van der Waals surface area contributed by atoms with Crippen LogP contribution in [0, 0.1) is 5.92 Å². The molecule has 0 amide bonds. The highest BCUT2D eigenvalue weighted by Gasteiger charge is 2.05. The van der Waals surface area contributed by atoms with Crippen molar-refractivity contribution in [1.29, 1.82) is 0 Å². The summed E-state index contributed by atoms with van der Waals surface area (Å²) in [5.74, 6) is 2.01. The Morgan fingerprint density at radius 1 is 1.15 bits per heavy atom. The van der Waals surface area contributed by atoms with Gasteiger partial charge in [-0.2, -0.15) is 0 Å². The molecular weight excluding hydrogens is 252 g/mol. The Labute approximate surface area is 121 Å². The molecule has 0 radical (unpaired) electrons. The lowest BCUT2D eigenvalue weighted by molar-refractivity contribution is 0.112. The van der Waals surface area contributed by atoms with Crippen molar-refractivity contribution in [1.82, 2.24) is 0 Å². The van der Waals surface area contributed by atoms with E-state index in [4.69, 9.17) is 9.47 Å². The maximum atomic E-state index is 10.8. The molecule has 1 aromatic carbocycles. The molecule has 0 spiro atoms. The number of allylic oxidation sites excluding steroid dienone is 1. The highest BCUT2D eigenvalue weighted by molar-refractivity contribution is 5.76. The number of rotatable bonds is 9. The number of hydrogen-bond donors (Lipinski definition) is 0. The van der Waals surface area contributed by atoms with Gasteiger partial charge in [0, 0.05) is 5.56 Å². The van der Waals surface area contributed by atoms with Crippen molar-refractivity contribution < 1.29 is 14.3 Å². The minimum atomic E-state index is 0.549. The minimum absolute atomic E-state index is 0.549. The third kappa shape index (κ3) is 5.91. The summed E-state index contributed by atoms with van der Waals surface area (Å²) in [6.45, 7) is 7.46. The van der Waals surface area contributed by atoms with E-state index in [1.165, 1.54) is 0 Å². The van der Waals surface area contributed by atoms with Gasteiger partial charge in [-0.1, -0.05) is 26.0 Å². The summed E-state index contributed by atoms with van der Waals surface area (Å²) in [5, 5.41) is 0. The van der Waals surface area contributed by atoms with E-state index in [2.05, 4.69) is 26.0 Å². The molecule has 0 aliphatic heterocycles. The lowest BCUT2D eigenvalue weighted by Gasteiger charge is -2.11. The fourth-order valence-electron chi connectivity index (χ4n) is 1.71. The zero-order valence-electron chi connectivity index (χ0n) is 12.6. The molecule has 110 valence electrons. The molecule has 1 rings (SSSR count). The highest BCUT2D eigenvalue weighted by Crippen LogP contribution is 2.28. The van der Waals surface area contributed by atoms with E-state index < -0.39 is 0 Å². The molecule has 3 heteroatoms. The van der Waals surface area contributed by atoms with Gasteiger partial charge in [0.1, 0.15) is 6.29 Å². The van der Waals surface area contributed by atoms with Gasteiger partial charge in [-0.05, 0) is 43.9 Å². The summed E-state index contributed by atoms with van der Waals surface area (Å²) in [6.07, 6.45) is 7.10. The van der Waals surface area contributed by atoms with Gasteiger partial charge in [-0.15, -0.1) is 0 Å². The molecule has 0 unspecified atom stereocenters. The van der Waals surface area contributed by atoms with Crippen molar-refractivity contribution in [2.24, 2.45) is 5.92 Å². The van der Waals surface area contributed by atoms with Crippen LogP contribution in [0.3, 0.4) is 0 Å². The number of ether oxygens (including phenoxy) is 2. The fourth-order valence-corrected chi connectivity index (χ4v) is 1.71. The maximum Gasteiger partial charge on any atom is 0.161 e. The lowest BCUT2D eigenvalue weighted by atomic mass is 10.1. The molecule has 0 aromatic heterocycles. The Bertz CT molecular complexity index is 436. The van der Waals surface area contributed by atoms with E-state index in [9.17, 15) is 4.79 Å². The Morgan fingerprint density at radius 3 is 2.60 bits per heavy atom. The fraction of sp³-hybridized carbons (Fsp3) is 0.471. The van der Waals surface area contributed by atoms with Crippen molar-refractivity contribution in [2.75, 3.05) is 13.2 Å². The monoisotopic (exact) mass is 276 g/mol. The van der Waals surface area contributed by atoms with Crippen molar-refractivity contribution in [3.63, 3.8) is 0 Å². The number of carbonyl (C=O) groups excluding carboxylic acids is 1. The Balaban J connectivity index is 2.50. The lowest BCUT2D eigenvalue weighted by Crippen LogP contribution is -2.01. The van der Waals surface area contributed by atoms with Gasteiger partial charge in [-0.25, -0.2) is 0 Å². The Hall–Kier alpha value is -1.77. The maximum absolute atomic E-state index is 10.8. The van der Waals surface area contributed by atoms with Crippen molar-refractivity contribution in [2.45, 2.75) is 33.6 Å². The molecule has 0 saturated carbocycles. The van der Waals surface area contributed by atoms with Gasteiger partial charge in [0.15, 0.2) is 11.5 Å². The molecule has 0 N–H and O–H groups in total. The van der Waals surface area contributed by atoms with Crippen LogP contribution in [-0.2, 0) is 0 Å². The third-order valence-corrected chi connectivity index (χ3v) is 2.72. The average molecular weight is 276 g/mol. The SMILES string of the molecule is CCOc1cc(C=O)ccc1OCCC=CCC(C)C. The second kappa shape index (κ2) is 9.18. The van der Waals surface area contributed by atoms with E-state index in [-0.39, 0.29) is 0 Å². The van der Waals surface area contributed by atoms with Gasteiger partial charge in [-0.3, -0.25) is 4.79 Å². The first-order valence-electron chi connectivity index (χ1n) is 7.17. The van der Waals surface area contributed by atoms with Crippen LogP contribution >= 0.6 is 0 Å². The molecule has 3 nitrogen and oxygen atoms in total. The molecule has 0 atom stereocenters. The van der Waals surface area contributed by atoms with Crippen LogP contribution in [0.25, 0.3) is 0 Å². The summed E-state index contributed by atoms with van der Waals surface area (Å²) in [4.78, 5) is 10.8. The van der Waals surface area contributed by atoms with Gasteiger partial charge < -0.3 is 9.47 Å². The van der Waals surface area contributed by atoms with Crippen LogP contribution in [0.15, 0.2) is 30.4 Å². The third-order valence-electron chi connectivity index (χ3n) is 2.72. The zero-order chi connectivity index (χ0) is 14.8. The molecular formula is C17H24O3. The van der Waals surface area contributed by atoms with Crippen LogP contribution in [0.1, 0.15) is 44.0 Å². The average Bonchev–Trinajstić information content (AvgIpc) is 2.43. The number of aldehydes is 1. The van der Waals surface area contributed by atoms with Crippen molar-refractivity contribution >= 4 is 6.29 Å². The number of carbonyl (C=O) groups is 1. The number of benzene rings is 1. The van der Waals surface area contributed by atoms with E-state index in [0.717, 1.165) is 19.1 Å². The highest BCUT2D eigenvalue weighted by atomic mass is 16.5. The summed E-state index contributed by atoms with van der Waals surface area (Å²) in [7, 11) is 0. The van der Waals surface area contributed by atoms with Gasteiger partial charge in [0.05, 0.1) is 13.2 Å². The first-order valence-corrected chi connectivity index (χ1v) is 7.17. The predicted molar refractivity (Wildman–Crippen MR) is 81.7 cm³/mol. The molecule has 0 aliphatic carbocycles. The smallest absolute Gasteiger partial charge is 0.161 e. The Morgan fingerprint density at radius 2 is 1.95 bits per heavy atom. The molecule has 0 fully saturated rings. The van der Waals surface area contributed by atoms with Crippen LogP contribution in [0.4, 0.5) is 0 Å². The first-order chi connectivity index (χ1) is 9.67. The second-order valence-corrected chi connectivity index (χ2v) is 5.00. The van der Waals surface area contributed by atoms with Crippen molar-refractivity contribution in [3.05, 3.63) is 35.9 Å². The molecule has 0 heterocycles. The van der Waals surface area contributed by atoms with Gasteiger partial charge in [0.2, 0.25) is 0 Å². The predicted octanol–water partition coefficient (Wildman–Crippen LogP) is 4.27. The quantitative estimate of drug-likeness (QED) is 0.384. The topological polar surface area (TPSA) is 35.5 Å². The largest absolute Gasteiger partial charge is 0.490 e.